The number of likely N-dealkylation sites (tertiary alicyclic amines) is 1. The van der Waals surface area contributed by atoms with Gasteiger partial charge in [0.2, 0.25) is 5.91 Å². The van der Waals surface area contributed by atoms with E-state index in [1.54, 1.807) is 7.11 Å². The van der Waals surface area contributed by atoms with E-state index >= 15 is 0 Å². The molecule has 1 aliphatic carbocycles. The van der Waals surface area contributed by atoms with Crippen LogP contribution in [-0.2, 0) is 23.3 Å². The van der Waals surface area contributed by atoms with E-state index in [1.807, 2.05) is 29.2 Å². The highest BCUT2D eigenvalue weighted by atomic mass is 16.5. The lowest BCUT2D eigenvalue weighted by molar-refractivity contribution is -0.134. The van der Waals surface area contributed by atoms with Gasteiger partial charge < -0.3 is 14.4 Å². The number of fused-ring (bicyclic) bond motifs is 1. The number of ether oxygens (including phenoxy) is 2. The number of rotatable bonds is 5. The van der Waals surface area contributed by atoms with Crippen molar-refractivity contribution in [2.75, 3.05) is 33.4 Å². The minimum Gasteiger partial charge on any atom is -0.497 e. The number of hydrogen-bond acceptors (Lipinski definition) is 4. The van der Waals surface area contributed by atoms with Crippen LogP contribution in [0.5, 0.6) is 11.5 Å². The predicted molar refractivity (Wildman–Crippen MR) is 125 cm³/mol. The van der Waals surface area contributed by atoms with Gasteiger partial charge in [0.15, 0.2) is 0 Å². The van der Waals surface area contributed by atoms with Gasteiger partial charge in [0, 0.05) is 18.7 Å². The molecule has 170 valence electrons. The Morgan fingerprint density at radius 2 is 1.75 bits per heavy atom. The van der Waals surface area contributed by atoms with Crippen molar-refractivity contribution in [1.82, 2.24) is 9.80 Å². The van der Waals surface area contributed by atoms with Crippen molar-refractivity contribution in [3.63, 3.8) is 0 Å². The van der Waals surface area contributed by atoms with Gasteiger partial charge in [-0.15, -0.1) is 0 Å². The Balaban J connectivity index is 1.32. The summed E-state index contributed by atoms with van der Waals surface area (Å²) in [6.45, 7) is 5.15. The highest BCUT2D eigenvalue weighted by Gasteiger charge is 2.53. The first-order valence-electron chi connectivity index (χ1n) is 12.1. The summed E-state index contributed by atoms with van der Waals surface area (Å²) in [5.74, 6) is 1.98. The molecule has 0 bridgehead atoms. The van der Waals surface area contributed by atoms with Crippen LogP contribution < -0.4 is 9.47 Å². The van der Waals surface area contributed by atoms with Crippen LogP contribution in [0.15, 0.2) is 42.5 Å². The maximum atomic E-state index is 13.7. The second-order valence-corrected chi connectivity index (χ2v) is 9.52. The lowest BCUT2D eigenvalue weighted by Crippen LogP contribution is -2.40. The molecular weight excluding hydrogens is 400 g/mol. The van der Waals surface area contributed by atoms with E-state index in [9.17, 15) is 4.79 Å². The molecule has 3 aliphatic rings. The Kier molecular flexibility index (Phi) is 6.09. The topological polar surface area (TPSA) is 42.0 Å². The van der Waals surface area contributed by atoms with Gasteiger partial charge in [-0.05, 0) is 74.2 Å². The zero-order chi connectivity index (χ0) is 22.0. The highest BCUT2D eigenvalue weighted by molar-refractivity contribution is 5.91. The lowest BCUT2D eigenvalue weighted by atomic mass is 9.94. The largest absolute Gasteiger partial charge is 0.497 e. The monoisotopic (exact) mass is 434 g/mol. The maximum absolute atomic E-state index is 13.7. The summed E-state index contributed by atoms with van der Waals surface area (Å²) in [5.41, 5.74) is 3.18. The molecule has 0 N–H and O–H groups in total. The first-order valence-corrected chi connectivity index (χ1v) is 12.1. The van der Waals surface area contributed by atoms with Crippen LogP contribution in [0.1, 0.15) is 55.2 Å². The fourth-order valence-corrected chi connectivity index (χ4v) is 5.24. The summed E-state index contributed by atoms with van der Waals surface area (Å²) < 4.78 is 11.3. The first kappa shape index (κ1) is 21.3. The molecule has 1 saturated carbocycles. The molecule has 1 amide bonds. The van der Waals surface area contributed by atoms with Crippen LogP contribution in [0, 0.1) is 0 Å². The quantitative estimate of drug-likeness (QED) is 0.694. The third-order valence-electron chi connectivity index (χ3n) is 7.30. The van der Waals surface area contributed by atoms with Gasteiger partial charge in [-0.3, -0.25) is 9.69 Å². The number of benzene rings is 2. The van der Waals surface area contributed by atoms with Crippen molar-refractivity contribution in [3.05, 3.63) is 59.2 Å². The van der Waals surface area contributed by atoms with E-state index in [0.717, 1.165) is 42.0 Å². The van der Waals surface area contributed by atoms with Crippen LogP contribution in [0.25, 0.3) is 0 Å². The van der Waals surface area contributed by atoms with E-state index < -0.39 is 0 Å². The molecule has 5 rings (SSSR count). The number of carbonyl (C=O) groups is 1. The van der Waals surface area contributed by atoms with Gasteiger partial charge in [-0.2, -0.15) is 0 Å². The van der Waals surface area contributed by atoms with E-state index in [4.69, 9.17) is 9.47 Å². The normalized spacial score (nSPS) is 20.5. The Labute approximate surface area is 191 Å². The number of carbonyl (C=O) groups excluding carboxylic acids is 1. The van der Waals surface area contributed by atoms with Crippen molar-refractivity contribution in [2.24, 2.45) is 0 Å². The van der Waals surface area contributed by atoms with E-state index in [1.165, 1.54) is 44.3 Å². The molecular formula is C27H34N2O3. The van der Waals surface area contributed by atoms with Crippen LogP contribution in [0.4, 0.5) is 0 Å². The molecule has 2 aromatic rings. The SMILES string of the molecule is COc1ccc(C2(C(=O)N3CCOc4ccc(CN5CCCCCC5)cc4C3)CC2)cc1. The van der Waals surface area contributed by atoms with Crippen LogP contribution >= 0.6 is 0 Å². The fraction of sp³-hybridized carbons (Fsp3) is 0.519. The number of nitrogens with zero attached hydrogens (tertiary/aromatic N) is 2. The second kappa shape index (κ2) is 9.14. The van der Waals surface area contributed by atoms with E-state index in [0.29, 0.717) is 19.7 Å². The summed E-state index contributed by atoms with van der Waals surface area (Å²) in [7, 11) is 1.67. The summed E-state index contributed by atoms with van der Waals surface area (Å²) >= 11 is 0. The van der Waals surface area contributed by atoms with Crippen LogP contribution in [0.2, 0.25) is 0 Å². The van der Waals surface area contributed by atoms with Gasteiger partial charge >= 0.3 is 0 Å². The summed E-state index contributed by atoms with van der Waals surface area (Å²) in [6.07, 6.45) is 7.12. The minimum atomic E-state index is -0.375. The Hall–Kier alpha value is -2.53. The number of amides is 1. The summed E-state index contributed by atoms with van der Waals surface area (Å²) in [5, 5.41) is 0. The van der Waals surface area contributed by atoms with Crippen LogP contribution in [-0.4, -0.2) is 49.1 Å². The third-order valence-corrected chi connectivity index (χ3v) is 7.30. The Bertz CT molecular complexity index is 944. The average Bonchev–Trinajstić information content (AvgIpc) is 3.66. The summed E-state index contributed by atoms with van der Waals surface area (Å²) in [6, 6.07) is 14.6. The van der Waals surface area contributed by atoms with Gasteiger partial charge in [0.25, 0.3) is 0 Å². The highest BCUT2D eigenvalue weighted by Crippen LogP contribution is 2.50. The zero-order valence-electron chi connectivity index (χ0n) is 19.1. The molecule has 5 heteroatoms. The molecule has 1 saturated heterocycles. The standard InChI is InChI=1S/C27H34N2O3/c1-31-24-9-7-23(8-10-24)27(12-13-27)26(30)29-16-17-32-25-11-6-21(18-22(25)20-29)19-28-14-4-2-3-5-15-28/h6-11,18H,2-5,12-17,19-20H2,1H3. The molecule has 5 nitrogen and oxygen atoms in total. The molecule has 2 heterocycles. The average molecular weight is 435 g/mol. The third kappa shape index (κ3) is 4.36. The van der Waals surface area contributed by atoms with Crippen molar-refractivity contribution < 1.29 is 14.3 Å². The van der Waals surface area contributed by atoms with Crippen molar-refractivity contribution >= 4 is 5.91 Å². The fourth-order valence-electron chi connectivity index (χ4n) is 5.24. The summed E-state index contributed by atoms with van der Waals surface area (Å²) in [4.78, 5) is 18.3. The van der Waals surface area contributed by atoms with Crippen LogP contribution in [0.3, 0.4) is 0 Å². The van der Waals surface area contributed by atoms with Gasteiger partial charge in [-0.1, -0.05) is 31.0 Å². The minimum absolute atomic E-state index is 0.233. The molecule has 32 heavy (non-hydrogen) atoms. The Morgan fingerprint density at radius 3 is 2.44 bits per heavy atom. The first-order chi connectivity index (χ1) is 15.7. The van der Waals surface area contributed by atoms with Crippen molar-refractivity contribution in [2.45, 2.75) is 57.0 Å². The molecule has 0 unspecified atom stereocenters. The molecule has 0 spiro atoms. The van der Waals surface area contributed by atoms with Gasteiger partial charge in [-0.25, -0.2) is 0 Å². The van der Waals surface area contributed by atoms with Crippen molar-refractivity contribution in [3.8, 4) is 11.5 Å². The molecule has 2 fully saturated rings. The smallest absolute Gasteiger partial charge is 0.233 e. The maximum Gasteiger partial charge on any atom is 0.233 e. The molecule has 2 aromatic carbocycles. The number of methoxy groups -OCH3 is 1. The van der Waals surface area contributed by atoms with E-state index in [2.05, 4.69) is 23.1 Å². The number of hydrogen-bond donors (Lipinski definition) is 0. The van der Waals surface area contributed by atoms with Gasteiger partial charge in [0.1, 0.15) is 18.1 Å². The molecule has 0 radical (unpaired) electrons. The molecule has 2 aliphatic heterocycles. The molecule has 0 atom stereocenters. The van der Waals surface area contributed by atoms with E-state index in [-0.39, 0.29) is 11.3 Å². The zero-order valence-corrected chi connectivity index (χ0v) is 19.1. The van der Waals surface area contributed by atoms with Crippen molar-refractivity contribution in [1.29, 1.82) is 0 Å². The second-order valence-electron chi connectivity index (χ2n) is 9.52. The molecule has 0 aromatic heterocycles. The predicted octanol–water partition coefficient (Wildman–Crippen LogP) is 4.52. The Morgan fingerprint density at radius 1 is 1.00 bits per heavy atom. The lowest BCUT2D eigenvalue weighted by Gasteiger charge is -2.26. The van der Waals surface area contributed by atoms with Gasteiger partial charge in [0.05, 0.1) is 19.1 Å².